The lowest BCUT2D eigenvalue weighted by molar-refractivity contribution is 0.669. The van der Waals surface area contributed by atoms with Crippen LogP contribution in [0.5, 0.6) is 0 Å². The molecule has 2 aromatic carbocycles. The van der Waals surface area contributed by atoms with Gasteiger partial charge >= 0.3 is 0 Å². The van der Waals surface area contributed by atoms with Crippen LogP contribution in [0.2, 0.25) is 0 Å². The Kier molecular flexibility index (Phi) is 3.19. The molecule has 1 aliphatic carbocycles. The summed E-state index contributed by atoms with van der Waals surface area (Å²) in [6.45, 7) is 3.70. The minimum atomic E-state index is 0.464. The summed E-state index contributed by atoms with van der Waals surface area (Å²) in [6.07, 6.45) is 8.20. The Morgan fingerprint density at radius 3 is 2.74 bits per heavy atom. The summed E-state index contributed by atoms with van der Waals surface area (Å²) in [5.74, 6) is 0. The highest BCUT2D eigenvalue weighted by atomic mass is 16.3. The number of aliphatic imine (C=N–C) groups is 1. The third-order valence-corrected chi connectivity index (χ3v) is 4.23. The van der Waals surface area contributed by atoms with Crippen molar-refractivity contribution in [3.05, 3.63) is 65.8 Å². The van der Waals surface area contributed by atoms with Gasteiger partial charge in [-0.05, 0) is 43.3 Å². The molecule has 0 saturated heterocycles. The maximum Gasteiger partial charge on any atom is 0.161 e. The number of rotatable bonds is 3. The molecule has 0 radical (unpaired) electrons. The van der Waals surface area contributed by atoms with E-state index in [1.807, 2.05) is 42.5 Å². The number of furan rings is 1. The summed E-state index contributed by atoms with van der Waals surface area (Å²) >= 11 is 0. The van der Waals surface area contributed by atoms with Gasteiger partial charge in [-0.25, -0.2) is 0 Å². The van der Waals surface area contributed by atoms with Crippen molar-refractivity contribution in [2.24, 2.45) is 4.99 Å². The van der Waals surface area contributed by atoms with Gasteiger partial charge in [0.25, 0.3) is 0 Å². The van der Waals surface area contributed by atoms with Gasteiger partial charge in [0.05, 0.1) is 5.71 Å². The van der Waals surface area contributed by atoms with Crippen molar-refractivity contribution in [2.75, 3.05) is 0 Å². The van der Waals surface area contributed by atoms with E-state index in [1.54, 1.807) is 0 Å². The summed E-state index contributed by atoms with van der Waals surface area (Å²) < 4.78 is 5.98. The SMILES string of the molecule is C=Nc1c(C(=N)C2=CCCC=C2)ccc2c1oc1ccccc12. The first kappa shape index (κ1) is 13.7. The van der Waals surface area contributed by atoms with E-state index in [2.05, 4.69) is 23.9 Å². The van der Waals surface area contributed by atoms with Gasteiger partial charge in [-0.15, -0.1) is 0 Å². The fourth-order valence-corrected chi connectivity index (χ4v) is 3.09. The van der Waals surface area contributed by atoms with Crippen molar-refractivity contribution in [3.8, 4) is 0 Å². The Balaban J connectivity index is 1.96. The standard InChI is InChI=1S/C20H16N2O/c1-22-19-16(18(21)13-7-3-2-4-8-13)12-11-15-14-9-5-6-10-17(14)23-20(15)19/h3,5-12,21H,1-2,4H2. The Morgan fingerprint density at radius 2 is 1.96 bits per heavy atom. The van der Waals surface area contributed by atoms with Gasteiger partial charge in [-0.3, -0.25) is 10.4 Å². The number of nitrogens with zero attached hydrogens (tertiary/aromatic N) is 1. The fraction of sp³-hybridized carbons (Fsp3) is 0.100. The molecule has 3 nitrogen and oxygen atoms in total. The molecular formula is C20H16N2O. The molecule has 0 unspecified atom stereocenters. The largest absolute Gasteiger partial charge is 0.454 e. The van der Waals surface area contributed by atoms with Crippen LogP contribution < -0.4 is 0 Å². The highest BCUT2D eigenvalue weighted by molar-refractivity contribution is 6.20. The van der Waals surface area contributed by atoms with Gasteiger partial charge in [0.15, 0.2) is 5.58 Å². The second kappa shape index (κ2) is 5.36. The normalized spacial score (nSPS) is 14.2. The van der Waals surface area contributed by atoms with E-state index in [4.69, 9.17) is 9.83 Å². The molecule has 1 N–H and O–H groups in total. The van der Waals surface area contributed by atoms with Crippen molar-refractivity contribution in [2.45, 2.75) is 12.8 Å². The maximum atomic E-state index is 8.53. The second-order valence-corrected chi connectivity index (χ2v) is 5.61. The van der Waals surface area contributed by atoms with Gasteiger partial charge in [0.2, 0.25) is 0 Å². The molecule has 4 rings (SSSR count). The number of nitrogens with one attached hydrogen (secondary N) is 1. The van der Waals surface area contributed by atoms with Gasteiger partial charge < -0.3 is 4.42 Å². The van der Waals surface area contributed by atoms with Crippen LogP contribution in [0.4, 0.5) is 5.69 Å². The molecule has 0 spiro atoms. The minimum absolute atomic E-state index is 0.464. The third kappa shape index (κ3) is 2.13. The van der Waals surface area contributed by atoms with Crippen LogP contribution in [0, 0.1) is 5.41 Å². The van der Waals surface area contributed by atoms with E-state index in [-0.39, 0.29) is 0 Å². The number of hydrogen-bond acceptors (Lipinski definition) is 3. The maximum absolute atomic E-state index is 8.53. The lowest BCUT2D eigenvalue weighted by Gasteiger charge is -2.11. The molecule has 1 aromatic heterocycles. The topological polar surface area (TPSA) is 49.4 Å². The van der Waals surface area contributed by atoms with Crippen LogP contribution in [-0.4, -0.2) is 12.4 Å². The number of allylic oxidation sites excluding steroid dienone is 4. The molecule has 0 amide bonds. The lowest BCUT2D eigenvalue weighted by Crippen LogP contribution is -2.04. The Labute approximate surface area is 134 Å². The second-order valence-electron chi connectivity index (χ2n) is 5.61. The molecule has 0 aliphatic heterocycles. The summed E-state index contributed by atoms with van der Waals surface area (Å²) in [7, 11) is 0. The molecule has 3 heteroatoms. The highest BCUT2D eigenvalue weighted by Gasteiger charge is 2.17. The molecule has 0 fully saturated rings. The number of fused-ring (bicyclic) bond motifs is 3. The van der Waals surface area contributed by atoms with Crippen LogP contribution in [0.25, 0.3) is 21.9 Å². The fourth-order valence-electron chi connectivity index (χ4n) is 3.09. The number of hydrogen-bond donors (Lipinski definition) is 1. The molecule has 0 saturated carbocycles. The number of para-hydroxylation sites is 1. The predicted octanol–water partition coefficient (Wildman–Crippen LogP) is 5.56. The molecule has 1 heterocycles. The van der Waals surface area contributed by atoms with E-state index >= 15 is 0 Å². The van der Waals surface area contributed by atoms with Gasteiger partial charge in [0, 0.05) is 16.3 Å². The summed E-state index contributed by atoms with van der Waals surface area (Å²) in [6, 6.07) is 11.9. The van der Waals surface area contributed by atoms with Crippen molar-refractivity contribution in [1.82, 2.24) is 0 Å². The van der Waals surface area contributed by atoms with Crippen molar-refractivity contribution < 1.29 is 4.42 Å². The summed E-state index contributed by atoms with van der Waals surface area (Å²) in [5.41, 5.74) is 4.31. The van der Waals surface area contributed by atoms with E-state index in [9.17, 15) is 0 Å². The average Bonchev–Trinajstić information content (AvgIpc) is 2.99. The predicted molar refractivity (Wildman–Crippen MR) is 96.2 cm³/mol. The highest BCUT2D eigenvalue weighted by Crippen LogP contribution is 2.37. The molecule has 0 bridgehead atoms. The van der Waals surface area contributed by atoms with Gasteiger partial charge in [0.1, 0.15) is 11.3 Å². The molecule has 112 valence electrons. The number of benzene rings is 2. The molecule has 1 aliphatic rings. The molecule has 3 aromatic rings. The Morgan fingerprint density at radius 1 is 1.09 bits per heavy atom. The van der Waals surface area contributed by atoms with Gasteiger partial charge in [-0.1, -0.05) is 36.4 Å². The quantitative estimate of drug-likeness (QED) is 0.632. The van der Waals surface area contributed by atoms with Crippen LogP contribution in [0.15, 0.2) is 69.6 Å². The molecular weight excluding hydrogens is 284 g/mol. The Hall–Kier alpha value is -2.94. The zero-order valence-electron chi connectivity index (χ0n) is 12.7. The zero-order chi connectivity index (χ0) is 15.8. The van der Waals surface area contributed by atoms with Crippen LogP contribution >= 0.6 is 0 Å². The average molecular weight is 300 g/mol. The zero-order valence-corrected chi connectivity index (χ0v) is 12.7. The lowest BCUT2D eigenvalue weighted by atomic mass is 9.95. The van der Waals surface area contributed by atoms with E-state index in [1.165, 1.54) is 0 Å². The molecule has 0 atom stereocenters. The first-order chi connectivity index (χ1) is 11.3. The first-order valence-corrected chi connectivity index (χ1v) is 7.66. The van der Waals surface area contributed by atoms with Crippen LogP contribution in [-0.2, 0) is 0 Å². The van der Waals surface area contributed by atoms with Crippen molar-refractivity contribution >= 4 is 40.1 Å². The van der Waals surface area contributed by atoms with E-state index in [0.717, 1.165) is 40.3 Å². The Bertz CT molecular complexity index is 1010. The third-order valence-electron chi connectivity index (χ3n) is 4.23. The molecule has 23 heavy (non-hydrogen) atoms. The minimum Gasteiger partial charge on any atom is -0.454 e. The van der Waals surface area contributed by atoms with Crippen molar-refractivity contribution in [3.63, 3.8) is 0 Å². The van der Waals surface area contributed by atoms with Crippen molar-refractivity contribution in [1.29, 1.82) is 5.41 Å². The van der Waals surface area contributed by atoms with Gasteiger partial charge in [-0.2, -0.15) is 0 Å². The monoisotopic (exact) mass is 300 g/mol. The van der Waals surface area contributed by atoms with E-state index in [0.29, 0.717) is 17.0 Å². The summed E-state index contributed by atoms with van der Waals surface area (Å²) in [4.78, 5) is 4.17. The van der Waals surface area contributed by atoms with Crippen LogP contribution in [0.3, 0.4) is 0 Å². The summed E-state index contributed by atoms with van der Waals surface area (Å²) in [5, 5.41) is 10.6. The smallest absolute Gasteiger partial charge is 0.161 e. The van der Waals surface area contributed by atoms with E-state index < -0.39 is 0 Å². The van der Waals surface area contributed by atoms with Crippen LogP contribution in [0.1, 0.15) is 18.4 Å². The first-order valence-electron chi connectivity index (χ1n) is 7.66.